The van der Waals surface area contributed by atoms with E-state index in [1.165, 1.54) is 10.7 Å². The summed E-state index contributed by atoms with van der Waals surface area (Å²) < 4.78 is 81.0. The number of para-hydroxylation sites is 1. The Bertz CT molecular complexity index is 1520. The number of rotatable bonds is 4. The van der Waals surface area contributed by atoms with Crippen molar-refractivity contribution in [1.82, 2.24) is 14.7 Å². The molecule has 1 aliphatic rings. The van der Waals surface area contributed by atoms with Crippen molar-refractivity contribution in [3.63, 3.8) is 0 Å². The molecule has 0 atom stereocenters. The number of halogens is 6. The molecule has 1 aliphatic heterocycles. The van der Waals surface area contributed by atoms with Crippen molar-refractivity contribution in [2.45, 2.75) is 19.3 Å². The summed E-state index contributed by atoms with van der Waals surface area (Å²) in [5, 5.41) is 3.82. The third-order valence-corrected chi connectivity index (χ3v) is 6.88. The zero-order valence-corrected chi connectivity index (χ0v) is 21.3. The molecular weight excluding hydrogens is 534 g/mol. The molecule has 3 aromatic carbocycles. The van der Waals surface area contributed by atoms with Gasteiger partial charge in [-0.2, -0.15) is 31.4 Å². The van der Waals surface area contributed by atoms with Gasteiger partial charge in [0.15, 0.2) is 5.69 Å². The van der Waals surface area contributed by atoms with Crippen molar-refractivity contribution in [3.05, 3.63) is 101 Å². The monoisotopic (exact) mass is 558 g/mol. The number of alkyl halides is 6. The second-order valence-corrected chi connectivity index (χ2v) is 9.52. The van der Waals surface area contributed by atoms with Gasteiger partial charge in [-0.15, -0.1) is 0 Å². The third kappa shape index (κ3) is 5.54. The Labute approximate surface area is 226 Å². The topological polar surface area (TPSA) is 41.4 Å². The second kappa shape index (κ2) is 10.4. The number of amides is 1. The van der Waals surface area contributed by atoms with Gasteiger partial charge in [0.05, 0.1) is 16.9 Å². The van der Waals surface area contributed by atoms with E-state index in [1.807, 2.05) is 0 Å². The van der Waals surface area contributed by atoms with E-state index in [-0.39, 0.29) is 11.6 Å². The fourth-order valence-corrected chi connectivity index (χ4v) is 4.72. The summed E-state index contributed by atoms with van der Waals surface area (Å²) >= 11 is 0. The quantitative estimate of drug-likeness (QED) is 0.258. The van der Waals surface area contributed by atoms with Crippen LogP contribution in [0.2, 0.25) is 0 Å². The Morgan fingerprint density at radius 3 is 2.08 bits per heavy atom. The number of aromatic nitrogens is 2. The molecule has 0 N–H and O–H groups in total. The molecule has 1 aromatic heterocycles. The Morgan fingerprint density at radius 1 is 0.775 bits per heavy atom. The van der Waals surface area contributed by atoms with Crippen molar-refractivity contribution in [2.75, 3.05) is 31.1 Å². The first kappa shape index (κ1) is 27.3. The molecule has 208 valence electrons. The standard InChI is InChI=1S/C29H24F6N4O/c1-19-5-2-3-8-24(19)39-25(18-26(36-39)29(33,34)35)20-9-11-21(12-10-20)27(40)38-15-13-37(14-16-38)23-7-4-6-22(17-23)28(30,31)32/h2-12,17-18H,13-16H2,1H3. The lowest BCUT2D eigenvalue weighted by molar-refractivity contribution is -0.141. The molecule has 5 nitrogen and oxygen atoms in total. The molecule has 0 aliphatic carbocycles. The number of aryl methyl sites for hydroxylation is 1. The van der Waals surface area contributed by atoms with Crippen LogP contribution in [0.3, 0.4) is 0 Å². The van der Waals surface area contributed by atoms with Gasteiger partial charge in [0.1, 0.15) is 0 Å². The van der Waals surface area contributed by atoms with Gasteiger partial charge in [-0.3, -0.25) is 4.79 Å². The molecular formula is C29H24F6N4O. The van der Waals surface area contributed by atoms with E-state index >= 15 is 0 Å². The van der Waals surface area contributed by atoms with Crippen LogP contribution in [0.1, 0.15) is 27.2 Å². The molecule has 0 radical (unpaired) electrons. The Hall–Kier alpha value is -4.28. The third-order valence-electron chi connectivity index (χ3n) is 6.88. The van der Waals surface area contributed by atoms with Crippen LogP contribution in [-0.2, 0) is 12.4 Å². The summed E-state index contributed by atoms with van der Waals surface area (Å²) in [4.78, 5) is 16.5. The number of hydrogen-bond donors (Lipinski definition) is 0. The van der Waals surface area contributed by atoms with Crippen molar-refractivity contribution >= 4 is 11.6 Å². The minimum Gasteiger partial charge on any atom is -0.368 e. The van der Waals surface area contributed by atoms with Crippen LogP contribution in [0.4, 0.5) is 32.0 Å². The molecule has 1 saturated heterocycles. The number of carbonyl (C=O) groups is 1. The average Bonchev–Trinajstić information content (AvgIpc) is 3.39. The smallest absolute Gasteiger partial charge is 0.368 e. The number of nitrogens with zero attached hydrogens (tertiary/aromatic N) is 4. The predicted molar refractivity (Wildman–Crippen MR) is 138 cm³/mol. The molecule has 2 heterocycles. The summed E-state index contributed by atoms with van der Waals surface area (Å²) in [6.07, 6.45) is -9.07. The summed E-state index contributed by atoms with van der Waals surface area (Å²) in [5.74, 6) is -0.265. The maximum atomic E-state index is 13.5. The molecule has 0 unspecified atom stereocenters. The van der Waals surface area contributed by atoms with E-state index < -0.39 is 23.6 Å². The second-order valence-electron chi connectivity index (χ2n) is 9.52. The van der Waals surface area contributed by atoms with Crippen molar-refractivity contribution in [2.24, 2.45) is 0 Å². The summed E-state index contributed by atoms with van der Waals surface area (Å²) in [6, 6.07) is 19.3. The highest BCUT2D eigenvalue weighted by molar-refractivity contribution is 5.95. The van der Waals surface area contributed by atoms with Crippen LogP contribution >= 0.6 is 0 Å². The van der Waals surface area contributed by atoms with Gasteiger partial charge >= 0.3 is 12.4 Å². The number of benzene rings is 3. The summed E-state index contributed by atoms with van der Waals surface area (Å²) in [5.41, 5.74) is 0.985. The van der Waals surface area contributed by atoms with Crippen LogP contribution in [-0.4, -0.2) is 46.8 Å². The van der Waals surface area contributed by atoms with Crippen molar-refractivity contribution < 1.29 is 31.1 Å². The van der Waals surface area contributed by atoms with E-state index in [4.69, 9.17) is 0 Å². The maximum Gasteiger partial charge on any atom is 0.435 e. The van der Waals surface area contributed by atoms with Crippen LogP contribution in [0.15, 0.2) is 78.9 Å². The van der Waals surface area contributed by atoms with Crippen LogP contribution in [0.5, 0.6) is 0 Å². The molecule has 11 heteroatoms. The minimum absolute atomic E-state index is 0.232. The minimum atomic E-state index is -4.63. The molecule has 0 bridgehead atoms. The lowest BCUT2D eigenvalue weighted by Crippen LogP contribution is -2.48. The first-order valence-corrected chi connectivity index (χ1v) is 12.5. The Balaban J connectivity index is 1.33. The lowest BCUT2D eigenvalue weighted by Gasteiger charge is -2.36. The fraction of sp³-hybridized carbons (Fsp3) is 0.241. The molecule has 5 rings (SSSR count). The first-order chi connectivity index (χ1) is 18.9. The molecule has 40 heavy (non-hydrogen) atoms. The van der Waals surface area contributed by atoms with Crippen LogP contribution in [0, 0.1) is 6.92 Å². The Kier molecular flexibility index (Phi) is 7.07. The van der Waals surface area contributed by atoms with Gasteiger partial charge in [0, 0.05) is 43.0 Å². The highest BCUT2D eigenvalue weighted by Crippen LogP contribution is 2.34. The molecule has 0 saturated carbocycles. The zero-order valence-electron chi connectivity index (χ0n) is 21.3. The van der Waals surface area contributed by atoms with E-state index in [9.17, 15) is 31.1 Å². The number of anilines is 1. The largest absolute Gasteiger partial charge is 0.435 e. The maximum absolute atomic E-state index is 13.5. The SMILES string of the molecule is Cc1ccccc1-n1nc(C(F)(F)F)cc1-c1ccc(C(=O)N2CCN(c3cccc(C(F)(F)F)c3)CC2)cc1. The van der Waals surface area contributed by atoms with E-state index in [1.54, 1.807) is 71.3 Å². The van der Waals surface area contributed by atoms with Gasteiger partial charge in [-0.05, 0) is 55.0 Å². The van der Waals surface area contributed by atoms with E-state index in [0.717, 1.165) is 23.8 Å². The molecule has 1 amide bonds. The number of carbonyl (C=O) groups excluding carboxylic acids is 1. The number of piperazine rings is 1. The highest BCUT2D eigenvalue weighted by atomic mass is 19.4. The number of hydrogen-bond acceptors (Lipinski definition) is 3. The lowest BCUT2D eigenvalue weighted by atomic mass is 10.1. The highest BCUT2D eigenvalue weighted by Gasteiger charge is 2.35. The molecule has 0 spiro atoms. The summed E-state index contributed by atoms with van der Waals surface area (Å²) in [7, 11) is 0. The van der Waals surface area contributed by atoms with Gasteiger partial charge in [0.2, 0.25) is 0 Å². The van der Waals surface area contributed by atoms with E-state index in [2.05, 4.69) is 5.10 Å². The van der Waals surface area contributed by atoms with Gasteiger partial charge in [-0.1, -0.05) is 36.4 Å². The van der Waals surface area contributed by atoms with Crippen LogP contribution < -0.4 is 4.90 Å². The van der Waals surface area contributed by atoms with Gasteiger partial charge in [-0.25, -0.2) is 4.68 Å². The Morgan fingerprint density at radius 2 is 1.45 bits per heavy atom. The molecule has 1 fully saturated rings. The van der Waals surface area contributed by atoms with Gasteiger partial charge in [0.25, 0.3) is 5.91 Å². The fourth-order valence-electron chi connectivity index (χ4n) is 4.72. The van der Waals surface area contributed by atoms with Crippen molar-refractivity contribution in [3.8, 4) is 16.9 Å². The molecule has 4 aromatic rings. The van der Waals surface area contributed by atoms with Crippen LogP contribution in [0.25, 0.3) is 16.9 Å². The normalized spacial score (nSPS) is 14.5. The predicted octanol–water partition coefficient (Wildman–Crippen LogP) is 6.85. The average molecular weight is 559 g/mol. The van der Waals surface area contributed by atoms with E-state index in [0.29, 0.717) is 48.7 Å². The first-order valence-electron chi connectivity index (χ1n) is 12.5. The van der Waals surface area contributed by atoms with Gasteiger partial charge < -0.3 is 9.80 Å². The van der Waals surface area contributed by atoms with Crippen molar-refractivity contribution in [1.29, 1.82) is 0 Å². The summed E-state index contributed by atoms with van der Waals surface area (Å²) in [6.45, 7) is 3.13. The zero-order chi connectivity index (χ0) is 28.7.